The van der Waals surface area contributed by atoms with Crippen LogP contribution in [-0.4, -0.2) is 34.5 Å². The molecule has 1 heterocycles. The number of benzene rings is 1. The number of aliphatic carboxylic acids is 1. The van der Waals surface area contributed by atoms with E-state index in [1.54, 1.807) is 29.2 Å². The topological polar surface area (TPSA) is 57.6 Å². The molecule has 0 spiro atoms. The maximum absolute atomic E-state index is 12.6. The zero-order chi connectivity index (χ0) is 14.5. The SMILES string of the molecule is O=C(O)CC[C@@H]1CCCCN1C(=O)c1ccccc1Cl. The number of carbonyl (C=O) groups excluding carboxylic acids is 1. The molecule has 1 aliphatic heterocycles. The van der Waals surface area contributed by atoms with Crippen molar-refractivity contribution in [2.24, 2.45) is 0 Å². The van der Waals surface area contributed by atoms with E-state index in [9.17, 15) is 9.59 Å². The van der Waals surface area contributed by atoms with Crippen LogP contribution in [0.4, 0.5) is 0 Å². The van der Waals surface area contributed by atoms with Gasteiger partial charge >= 0.3 is 5.97 Å². The number of carboxylic acids is 1. The van der Waals surface area contributed by atoms with Crippen molar-refractivity contribution in [1.29, 1.82) is 0 Å². The highest BCUT2D eigenvalue weighted by Crippen LogP contribution is 2.25. The van der Waals surface area contributed by atoms with E-state index in [0.717, 1.165) is 19.3 Å². The van der Waals surface area contributed by atoms with Gasteiger partial charge in [-0.2, -0.15) is 0 Å². The molecule has 1 aromatic rings. The summed E-state index contributed by atoms with van der Waals surface area (Å²) in [7, 11) is 0. The van der Waals surface area contributed by atoms with Crippen molar-refractivity contribution >= 4 is 23.5 Å². The lowest BCUT2D eigenvalue weighted by Crippen LogP contribution is -2.44. The van der Waals surface area contributed by atoms with E-state index in [1.807, 2.05) is 0 Å². The third kappa shape index (κ3) is 3.51. The van der Waals surface area contributed by atoms with Crippen molar-refractivity contribution in [3.8, 4) is 0 Å². The highest BCUT2D eigenvalue weighted by atomic mass is 35.5. The van der Waals surface area contributed by atoms with E-state index in [-0.39, 0.29) is 18.4 Å². The minimum Gasteiger partial charge on any atom is -0.481 e. The van der Waals surface area contributed by atoms with Crippen molar-refractivity contribution in [1.82, 2.24) is 4.90 Å². The number of hydrogen-bond donors (Lipinski definition) is 1. The van der Waals surface area contributed by atoms with Crippen LogP contribution in [0.2, 0.25) is 5.02 Å². The second-order valence-corrected chi connectivity index (χ2v) is 5.47. The Hall–Kier alpha value is -1.55. The van der Waals surface area contributed by atoms with Crippen LogP contribution in [0, 0.1) is 0 Å². The van der Waals surface area contributed by atoms with Crippen LogP contribution in [0.3, 0.4) is 0 Å². The molecule has 1 aliphatic rings. The summed E-state index contributed by atoms with van der Waals surface area (Å²) >= 11 is 6.07. The summed E-state index contributed by atoms with van der Waals surface area (Å²) in [5, 5.41) is 9.25. The zero-order valence-electron chi connectivity index (χ0n) is 11.2. The fraction of sp³-hybridized carbons (Fsp3) is 0.467. The van der Waals surface area contributed by atoms with Gasteiger partial charge in [0.25, 0.3) is 5.91 Å². The fourth-order valence-electron chi connectivity index (χ4n) is 2.65. The summed E-state index contributed by atoms with van der Waals surface area (Å²) in [6.45, 7) is 0.675. The van der Waals surface area contributed by atoms with Gasteiger partial charge in [-0.3, -0.25) is 9.59 Å². The Morgan fingerprint density at radius 1 is 1.30 bits per heavy atom. The number of nitrogens with zero attached hydrogens (tertiary/aromatic N) is 1. The Morgan fingerprint density at radius 2 is 2.05 bits per heavy atom. The summed E-state index contributed by atoms with van der Waals surface area (Å²) in [6, 6.07) is 6.99. The molecule has 0 unspecified atom stereocenters. The van der Waals surface area contributed by atoms with Crippen LogP contribution in [0.15, 0.2) is 24.3 Å². The summed E-state index contributed by atoms with van der Waals surface area (Å²) < 4.78 is 0. The van der Waals surface area contributed by atoms with E-state index in [4.69, 9.17) is 16.7 Å². The maximum Gasteiger partial charge on any atom is 0.303 e. The van der Waals surface area contributed by atoms with Gasteiger partial charge in [0.05, 0.1) is 10.6 Å². The zero-order valence-corrected chi connectivity index (χ0v) is 12.0. The number of halogens is 1. The summed E-state index contributed by atoms with van der Waals surface area (Å²) in [6.07, 6.45) is 3.46. The highest BCUT2D eigenvalue weighted by molar-refractivity contribution is 6.33. The molecule has 0 aromatic heterocycles. The monoisotopic (exact) mass is 295 g/mol. The van der Waals surface area contributed by atoms with Gasteiger partial charge in [-0.15, -0.1) is 0 Å². The quantitative estimate of drug-likeness (QED) is 0.928. The molecule has 0 aliphatic carbocycles. The summed E-state index contributed by atoms with van der Waals surface area (Å²) in [4.78, 5) is 25.1. The van der Waals surface area contributed by atoms with Crippen LogP contribution in [0.25, 0.3) is 0 Å². The Kier molecular flexibility index (Phi) is 5.01. The van der Waals surface area contributed by atoms with Crippen molar-refractivity contribution < 1.29 is 14.7 Å². The molecule has 0 saturated carbocycles. The number of rotatable bonds is 4. The van der Waals surface area contributed by atoms with Crippen LogP contribution in [0.5, 0.6) is 0 Å². The molecule has 5 heteroatoms. The lowest BCUT2D eigenvalue weighted by atomic mass is 9.97. The third-order valence-corrected chi connectivity index (χ3v) is 4.01. The molecular weight excluding hydrogens is 278 g/mol. The van der Waals surface area contributed by atoms with Gasteiger partial charge in [-0.25, -0.2) is 0 Å². The first kappa shape index (κ1) is 14.9. The molecule has 1 aromatic carbocycles. The van der Waals surface area contributed by atoms with Crippen molar-refractivity contribution in [2.45, 2.75) is 38.1 Å². The number of carbonyl (C=O) groups is 2. The first-order valence-corrected chi connectivity index (χ1v) is 7.24. The van der Waals surface area contributed by atoms with Crippen LogP contribution < -0.4 is 0 Å². The molecule has 1 amide bonds. The molecule has 1 N–H and O–H groups in total. The molecule has 20 heavy (non-hydrogen) atoms. The predicted molar refractivity (Wildman–Crippen MR) is 77.0 cm³/mol. The normalized spacial score (nSPS) is 18.9. The molecule has 108 valence electrons. The second-order valence-electron chi connectivity index (χ2n) is 5.06. The number of piperidine rings is 1. The highest BCUT2D eigenvalue weighted by Gasteiger charge is 2.28. The van der Waals surface area contributed by atoms with E-state index < -0.39 is 5.97 Å². The van der Waals surface area contributed by atoms with Crippen LogP contribution in [0.1, 0.15) is 42.5 Å². The van der Waals surface area contributed by atoms with Gasteiger partial charge < -0.3 is 10.0 Å². The molecule has 2 rings (SSSR count). The summed E-state index contributed by atoms with van der Waals surface area (Å²) in [5.74, 6) is -0.911. The molecule has 1 atom stereocenters. The van der Waals surface area contributed by atoms with Gasteiger partial charge in [0, 0.05) is 19.0 Å². The molecular formula is C15H18ClNO3. The minimum absolute atomic E-state index is 0.00335. The molecule has 4 nitrogen and oxygen atoms in total. The minimum atomic E-state index is -0.819. The molecule has 0 bridgehead atoms. The first-order chi connectivity index (χ1) is 9.59. The van der Waals surface area contributed by atoms with Crippen LogP contribution in [-0.2, 0) is 4.79 Å². The Labute approximate surface area is 123 Å². The smallest absolute Gasteiger partial charge is 0.303 e. The number of carboxylic acid groups (broad SMARTS) is 1. The molecule has 1 fully saturated rings. The third-order valence-electron chi connectivity index (χ3n) is 3.68. The average Bonchev–Trinajstić information content (AvgIpc) is 2.45. The Bertz CT molecular complexity index is 504. The predicted octanol–water partition coefficient (Wildman–Crippen LogP) is 3.20. The number of hydrogen-bond acceptors (Lipinski definition) is 2. The van der Waals surface area contributed by atoms with E-state index in [2.05, 4.69) is 0 Å². The van der Waals surface area contributed by atoms with Gasteiger partial charge in [-0.05, 0) is 37.8 Å². The lowest BCUT2D eigenvalue weighted by molar-refractivity contribution is -0.137. The van der Waals surface area contributed by atoms with Gasteiger partial charge in [-0.1, -0.05) is 23.7 Å². The maximum atomic E-state index is 12.6. The molecule has 0 radical (unpaired) electrons. The van der Waals surface area contributed by atoms with E-state index >= 15 is 0 Å². The second kappa shape index (κ2) is 6.75. The van der Waals surface area contributed by atoms with Crippen molar-refractivity contribution in [2.75, 3.05) is 6.54 Å². The number of amides is 1. The van der Waals surface area contributed by atoms with E-state index in [0.29, 0.717) is 23.6 Å². The standard InChI is InChI=1S/C15H18ClNO3/c16-13-7-2-1-6-12(13)15(20)17-10-4-3-5-11(17)8-9-14(18)19/h1-2,6-7,11H,3-5,8-10H2,(H,18,19)/t11-/m0/s1. The molecule has 1 saturated heterocycles. The number of likely N-dealkylation sites (tertiary alicyclic amines) is 1. The van der Waals surface area contributed by atoms with Gasteiger partial charge in [0.1, 0.15) is 0 Å². The Morgan fingerprint density at radius 3 is 2.75 bits per heavy atom. The van der Waals surface area contributed by atoms with Crippen molar-refractivity contribution in [3.05, 3.63) is 34.9 Å². The van der Waals surface area contributed by atoms with Gasteiger partial charge in [0.15, 0.2) is 0 Å². The first-order valence-electron chi connectivity index (χ1n) is 6.87. The largest absolute Gasteiger partial charge is 0.481 e. The lowest BCUT2D eigenvalue weighted by Gasteiger charge is -2.36. The van der Waals surface area contributed by atoms with Crippen LogP contribution >= 0.6 is 11.6 Å². The average molecular weight is 296 g/mol. The fourth-order valence-corrected chi connectivity index (χ4v) is 2.86. The summed E-state index contributed by atoms with van der Waals surface area (Å²) in [5.41, 5.74) is 0.497. The Balaban J connectivity index is 2.13. The van der Waals surface area contributed by atoms with Crippen molar-refractivity contribution in [3.63, 3.8) is 0 Å². The van der Waals surface area contributed by atoms with E-state index in [1.165, 1.54) is 0 Å². The van der Waals surface area contributed by atoms with Gasteiger partial charge in [0.2, 0.25) is 0 Å².